The fraction of sp³-hybridized carbons (Fsp3) is 0.667. The van der Waals surface area contributed by atoms with E-state index in [-0.39, 0.29) is 18.8 Å². The van der Waals surface area contributed by atoms with Crippen LogP contribution >= 0.6 is 12.4 Å². The number of aldehydes is 1. The molecule has 60 valence electrons. The fourth-order valence-electron chi connectivity index (χ4n) is 0.296. The van der Waals surface area contributed by atoms with Gasteiger partial charge in [-0.2, -0.15) is 0 Å². The highest BCUT2D eigenvalue weighted by Gasteiger charge is 2.25. The van der Waals surface area contributed by atoms with Gasteiger partial charge in [-0.05, 0) is 13.8 Å². The second-order valence-electron chi connectivity index (χ2n) is 2.56. The van der Waals surface area contributed by atoms with E-state index in [2.05, 4.69) is 0 Å². The van der Waals surface area contributed by atoms with Gasteiger partial charge in [0.25, 0.3) is 0 Å². The minimum atomic E-state index is -0.936. The van der Waals surface area contributed by atoms with Crippen molar-refractivity contribution < 1.29 is 14.7 Å². The number of carboxylic acids is 1. The van der Waals surface area contributed by atoms with Gasteiger partial charge >= 0.3 is 5.97 Å². The van der Waals surface area contributed by atoms with Crippen molar-refractivity contribution >= 4 is 24.7 Å². The number of halogens is 1. The summed E-state index contributed by atoms with van der Waals surface area (Å²) >= 11 is 0. The molecular formula is C6H11ClO3. The summed E-state index contributed by atoms with van der Waals surface area (Å²) in [4.78, 5) is 20.1. The fourth-order valence-corrected chi connectivity index (χ4v) is 0.296. The van der Waals surface area contributed by atoms with Crippen LogP contribution in [0.5, 0.6) is 0 Å². The maximum absolute atomic E-state index is 10.3. The van der Waals surface area contributed by atoms with Crippen molar-refractivity contribution in [2.75, 3.05) is 0 Å². The normalized spacial score (nSPS) is 9.80. The van der Waals surface area contributed by atoms with Crippen LogP contribution in [-0.4, -0.2) is 17.4 Å². The molecule has 0 atom stereocenters. The first-order chi connectivity index (χ1) is 4.00. The summed E-state index contributed by atoms with van der Waals surface area (Å²) in [7, 11) is 0. The average Bonchev–Trinajstić information content (AvgIpc) is 1.65. The third-order valence-corrected chi connectivity index (χ3v) is 1.17. The second kappa shape index (κ2) is 4.28. The zero-order chi connectivity index (χ0) is 7.49. The van der Waals surface area contributed by atoms with E-state index >= 15 is 0 Å². The van der Waals surface area contributed by atoms with Crippen LogP contribution in [0.3, 0.4) is 0 Å². The monoisotopic (exact) mass is 166 g/mol. The molecule has 0 saturated carbocycles. The van der Waals surface area contributed by atoms with Crippen molar-refractivity contribution in [2.24, 2.45) is 5.41 Å². The topological polar surface area (TPSA) is 54.4 Å². The second-order valence-corrected chi connectivity index (χ2v) is 2.56. The number of aliphatic carboxylic acids is 1. The van der Waals surface area contributed by atoms with Gasteiger partial charge in [0.1, 0.15) is 6.29 Å². The molecule has 4 heteroatoms. The minimum Gasteiger partial charge on any atom is -0.481 e. The maximum atomic E-state index is 10.3. The van der Waals surface area contributed by atoms with Crippen molar-refractivity contribution in [3.63, 3.8) is 0 Å². The van der Waals surface area contributed by atoms with E-state index in [0.717, 1.165) is 0 Å². The lowest BCUT2D eigenvalue weighted by atomic mass is 9.91. The smallest absolute Gasteiger partial charge is 0.309 e. The van der Waals surface area contributed by atoms with Crippen LogP contribution in [0.25, 0.3) is 0 Å². The number of carboxylic acid groups (broad SMARTS) is 1. The summed E-state index contributed by atoms with van der Waals surface area (Å²) in [5.74, 6) is -0.936. The molecule has 0 spiro atoms. The lowest BCUT2D eigenvalue weighted by Crippen LogP contribution is -2.23. The summed E-state index contributed by atoms with van der Waals surface area (Å²) in [5.41, 5.74) is -0.901. The van der Waals surface area contributed by atoms with Gasteiger partial charge in [-0.25, -0.2) is 0 Å². The van der Waals surface area contributed by atoms with Crippen LogP contribution in [0.1, 0.15) is 20.3 Å². The van der Waals surface area contributed by atoms with Crippen LogP contribution in [0, 0.1) is 5.41 Å². The third kappa shape index (κ3) is 3.45. The Bertz CT molecular complexity index is 131. The molecule has 0 saturated heterocycles. The van der Waals surface area contributed by atoms with Crippen LogP contribution in [0.4, 0.5) is 0 Å². The molecule has 0 aliphatic carbocycles. The standard InChI is InChI=1S/C6H10O3.ClH/c1-6(2,3-4-7)5(8)9;/h4H,3H2,1-2H3,(H,8,9);1H. The van der Waals surface area contributed by atoms with E-state index in [1.54, 1.807) is 0 Å². The van der Waals surface area contributed by atoms with Gasteiger partial charge in [0.2, 0.25) is 0 Å². The Hall–Kier alpha value is -0.570. The van der Waals surface area contributed by atoms with Crippen molar-refractivity contribution in [2.45, 2.75) is 20.3 Å². The largest absolute Gasteiger partial charge is 0.481 e. The minimum absolute atomic E-state index is 0. The first-order valence-electron chi connectivity index (χ1n) is 2.68. The van der Waals surface area contributed by atoms with Crippen molar-refractivity contribution in [3.05, 3.63) is 0 Å². The predicted molar refractivity (Wildman–Crippen MR) is 39.3 cm³/mol. The van der Waals surface area contributed by atoms with E-state index in [1.165, 1.54) is 13.8 Å². The molecule has 0 aromatic heterocycles. The highest BCUT2D eigenvalue weighted by Crippen LogP contribution is 2.17. The Kier molecular flexibility index (Phi) is 5.19. The van der Waals surface area contributed by atoms with E-state index in [1.807, 2.05) is 0 Å². The Labute approximate surface area is 65.8 Å². The van der Waals surface area contributed by atoms with Crippen LogP contribution in [0.15, 0.2) is 0 Å². The highest BCUT2D eigenvalue weighted by molar-refractivity contribution is 5.85. The highest BCUT2D eigenvalue weighted by atomic mass is 35.5. The van der Waals surface area contributed by atoms with E-state index in [4.69, 9.17) is 5.11 Å². The molecule has 0 radical (unpaired) electrons. The molecule has 0 bridgehead atoms. The summed E-state index contributed by atoms with van der Waals surface area (Å²) < 4.78 is 0. The number of hydrogen-bond donors (Lipinski definition) is 1. The van der Waals surface area contributed by atoms with Crippen molar-refractivity contribution in [1.82, 2.24) is 0 Å². The quantitative estimate of drug-likeness (QED) is 0.639. The molecule has 0 aromatic carbocycles. The zero-order valence-corrected chi connectivity index (χ0v) is 6.77. The molecule has 0 rings (SSSR count). The number of hydrogen-bond acceptors (Lipinski definition) is 2. The molecule has 0 aliphatic heterocycles. The first kappa shape index (κ1) is 12.1. The Morgan fingerprint density at radius 2 is 2.00 bits per heavy atom. The third-order valence-electron chi connectivity index (χ3n) is 1.17. The van der Waals surface area contributed by atoms with Crippen molar-refractivity contribution in [3.8, 4) is 0 Å². The molecule has 0 amide bonds. The SMILES string of the molecule is CC(C)(CC=O)C(=O)O.Cl. The van der Waals surface area contributed by atoms with Gasteiger partial charge in [-0.15, -0.1) is 12.4 Å². The Balaban J connectivity index is 0. The van der Waals surface area contributed by atoms with Gasteiger partial charge in [0.05, 0.1) is 5.41 Å². The molecule has 3 nitrogen and oxygen atoms in total. The molecule has 0 fully saturated rings. The molecule has 0 aromatic rings. The molecule has 10 heavy (non-hydrogen) atoms. The summed E-state index contributed by atoms with van der Waals surface area (Å²) in [5, 5.41) is 8.41. The first-order valence-corrected chi connectivity index (χ1v) is 2.68. The zero-order valence-electron chi connectivity index (χ0n) is 5.96. The molecular weight excluding hydrogens is 156 g/mol. The van der Waals surface area contributed by atoms with E-state index in [9.17, 15) is 9.59 Å². The molecule has 0 aliphatic rings. The number of rotatable bonds is 3. The van der Waals surface area contributed by atoms with Crippen LogP contribution < -0.4 is 0 Å². The van der Waals surface area contributed by atoms with Crippen molar-refractivity contribution in [1.29, 1.82) is 0 Å². The predicted octanol–water partition coefficient (Wildman–Crippen LogP) is 1.11. The van der Waals surface area contributed by atoms with Gasteiger partial charge in [-0.3, -0.25) is 4.79 Å². The van der Waals surface area contributed by atoms with Gasteiger partial charge in [0.15, 0.2) is 0 Å². The Morgan fingerprint density at radius 3 is 2.10 bits per heavy atom. The van der Waals surface area contributed by atoms with Gasteiger partial charge in [0, 0.05) is 6.42 Å². The van der Waals surface area contributed by atoms with Crippen LogP contribution in [0.2, 0.25) is 0 Å². The van der Waals surface area contributed by atoms with Crippen LogP contribution in [-0.2, 0) is 9.59 Å². The summed E-state index contributed by atoms with van der Waals surface area (Å²) in [6.45, 7) is 3.04. The lowest BCUT2D eigenvalue weighted by Gasteiger charge is -2.13. The molecule has 0 unspecified atom stereocenters. The summed E-state index contributed by atoms with van der Waals surface area (Å²) in [6, 6.07) is 0. The molecule has 0 heterocycles. The van der Waals surface area contributed by atoms with E-state index in [0.29, 0.717) is 6.29 Å². The van der Waals surface area contributed by atoms with Gasteiger partial charge < -0.3 is 9.90 Å². The summed E-state index contributed by atoms with van der Waals surface area (Å²) in [6.07, 6.45) is 0.691. The number of carbonyl (C=O) groups excluding carboxylic acids is 1. The average molecular weight is 167 g/mol. The van der Waals surface area contributed by atoms with E-state index < -0.39 is 11.4 Å². The maximum Gasteiger partial charge on any atom is 0.309 e. The Morgan fingerprint density at radius 1 is 1.60 bits per heavy atom. The lowest BCUT2D eigenvalue weighted by molar-refractivity contribution is -0.148. The molecule has 1 N–H and O–H groups in total. The number of carbonyl (C=O) groups is 2. The van der Waals surface area contributed by atoms with Gasteiger partial charge in [-0.1, -0.05) is 0 Å².